The molecule has 1 atom stereocenters. The second-order valence-corrected chi connectivity index (χ2v) is 14.3. The highest BCUT2D eigenvalue weighted by Gasteiger charge is 2.19. The highest BCUT2D eigenvalue weighted by molar-refractivity contribution is 5.71. The van der Waals surface area contributed by atoms with E-state index in [4.69, 9.17) is 14.2 Å². The summed E-state index contributed by atoms with van der Waals surface area (Å²) in [5.74, 6) is -1.06. The first-order chi connectivity index (χ1) is 29.5. The van der Waals surface area contributed by atoms with Crippen molar-refractivity contribution in [1.29, 1.82) is 0 Å². The molecule has 0 fully saturated rings. The molecule has 0 N–H and O–H groups in total. The Kier molecular flexibility index (Phi) is 43.3. The standard InChI is InChI=1S/C54H80O6/c1-4-7-10-13-16-19-22-25-26-27-30-32-35-38-41-44-47-53(56)59-50-51(60-54(57)48-45-42-39-36-33-29-24-21-18-15-12-9-6-3)49-58-52(55)46-43-40-37-34-31-28-23-20-17-14-11-8-5-2/h7-12,14-21,23-26,28-33,51H,4-6,13,22,27,34-50H2,1-3H3/b10-7-,11-8-,12-9-,17-14-,18-15-,19-16-,23-20-,24-21-,26-25-,31-28-,32-30-,33-29-. The zero-order chi connectivity index (χ0) is 43.7. The first-order valence-corrected chi connectivity index (χ1v) is 22.9. The van der Waals surface area contributed by atoms with Gasteiger partial charge in [0.05, 0.1) is 0 Å². The Morgan fingerprint density at radius 2 is 0.683 bits per heavy atom. The molecular weight excluding hydrogens is 745 g/mol. The topological polar surface area (TPSA) is 78.9 Å². The molecule has 0 aliphatic carbocycles. The summed E-state index contributed by atoms with van der Waals surface area (Å²) in [6.07, 6.45) is 66.9. The highest BCUT2D eigenvalue weighted by Crippen LogP contribution is 2.11. The summed E-state index contributed by atoms with van der Waals surface area (Å²) in [4.78, 5) is 37.8. The van der Waals surface area contributed by atoms with E-state index < -0.39 is 6.10 Å². The number of ether oxygens (including phenoxy) is 3. The minimum Gasteiger partial charge on any atom is -0.462 e. The number of esters is 3. The Bertz CT molecular complexity index is 1410. The second kappa shape index (κ2) is 47.0. The lowest BCUT2D eigenvalue weighted by atomic mass is 10.1. The van der Waals surface area contributed by atoms with E-state index in [-0.39, 0.29) is 44.0 Å². The molecule has 6 nitrogen and oxygen atoms in total. The Labute approximate surface area is 366 Å². The minimum atomic E-state index is -0.833. The average Bonchev–Trinajstić information content (AvgIpc) is 3.24. The molecular formula is C54H80O6. The lowest BCUT2D eigenvalue weighted by molar-refractivity contribution is -0.167. The van der Waals surface area contributed by atoms with Crippen LogP contribution in [-0.2, 0) is 28.6 Å². The van der Waals surface area contributed by atoms with Crippen LogP contribution in [0.2, 0.25) is 0 Å². The average molecular weight is 825 g/mol. The van der Waals surface area contributed by atoms with Gasteiger partial charge in [0.25, 0.3) is 0 Å². The summed E-state index contributed by atoms with van der Waals surface area (Å²) in [5, 5.41) is 0. The molecule has 0 aliphatic rings. The number of hydrogen-bond acceptors (Lipinski definition) is 6. The van der Waals surface area contributed by atoms with E-state index in [2.05, 4.69) is 93.7 Å². The zero-order valence-electron chi connectivity index (χ0n) is 37.6. The van der Waals surface area contributed by atoms with Crippen LogP contribution in [0.15, 0.2) is 146 Å². The number of rotatable bonds is 38. The van der Waals surface area contributed by atoms with E-state index in [1.807, 2.05) is 72.9 Å². The molecule has 0 saturated carbocycles. The third kappa shape index (κ3) is 44.4. The van der Waals surface area contributed by atoms with Crippen molar-refractivity contribution in [3.05, 3.63) is 146 Å². The number of hydrogen-bond donors (Lipinski definition) is 0. The highest BCUT2D eigenvalue weighted by atomic mass is 16.6. The van der Waals surface area contributed by atoms with Gasteiger partial charge in [0, 0.05) is 19.3 Å². The fraction of sp³-hybridized carbons (Fsp3) is 0.500. The Balaban J connectivity index is 4.61. The SMILES string of the molecule is CC\C=C/C=C\C=C/C=C\CCCCCC(=O)OCC(COC(=O)CCCCC/C=C\C/C=C\C/C=C\C/C=C\CC)OC(=O)CCCCC\C=C/C=C\C=C/C=C\CC. The number of carbonyl (C=O) groups excluding carboxylic acids is 3. The molecule has 0 aliphatic heterocycles. The van der Waals surface area contributed by atoms with Gasteiger partial charge in [0.2, 0.25) is 0 Å². The van der Waals surface area contributed by atoms with Crippen molar-refractivity contribution in [2.75, 3.05) is 13.2 Å². The van der Waals surface area contributed by atoms with Gasteiger partial charge in [-0.25, -0.2) is 0 Å². The lowest BCUT2D eigenvalue weighted by Crippen LogP contribution is -2.30. The molecule has 0 bridgehead atoms. The van der Waals surface area contributed by atoms with E-state index in [1.165, 1.54) is 0 Å². The van der Waals surface area contributed by atoms with E-state index in [9.17, 15) is 14.4 Å². The predicted octanol–water partition coefficient (Wildman–Crippen LogP) is 14.9. The molecule has 0 aromatic heterocycles. The first kappa shape index (κ1) is 55.3. The minimum absolute atomic E-state index is 0.131. The summed E-state index contributed by atoms with van der Waals surface area (Å²) >= 11 is 0. The van der Waals surface area contributed by atoms with Gasteiger partial charge in [-0.15, -0.1) is 0 Å². The van der Waals surface area contributed by atoms with Gasteiger partial charge in [0.1, 0.15) is 13.2 Å². The van der Waals surface area contributed by atoms with Crippen LogP contribution in [0.25, 0.3) is 0 Å². The van der Waals surface area contributed by atoms with Crippen molar-refractivity contribution in [2.45, 2.75) is 162 Å². The maximum absolute atomic E-state index is 12.7. The van der Waals surface area contributed by atoms with Gasteiger partial charge in [0.15, 0.2) is 6.10 Å². The Morgan fingerprint density at radius 1 is 0.350 bits per heavy atom. The van der Waals surface area contributed by atoms with Crippen LogP contribution in [0.5, 0.6) is 0 Å². The zero-order valence-corrected chi connectivity index (χ0v) is 37.6. The van der Waals surface area contributed by atoms with Gasteiger partial charge >= 0.3 is 17.9 Å². The largest absolute Gasteiger partial charge is 0.462 e. The molecule has 0 heterocycles. The van der Waals surface area contributed by atoms with Crippen LogP contribution < -0.4 is 0 Å². The van der Waals surface area contributed by atoms with E-state index >= 15 is 0 Å². The van der Waals surface area contributed by atoms with E-state index in [0.29, 0.717) is 12.8 Å². The van der Waals surface area contributed by atoms with Gasteiger partial charge in [-0.3, -0.25) is 14.4 Å². The van der Waals surface area contributed by atoms with Crippen LogP contribution in [0.4, 0.5) is 0 Å². The van der Waals surface area contributed by atoms with Crippen molar-refractivity contribution >= 4 is 17.9 Å². The molecule has 0 saturated heterocycles. The summed E-state index contributed by atoms with van der Waals surface area (Å²) in [6.45, 7) is 6.10. The molecule has 6 heteroatoms. The van der Waals surface area contributed by atoms with Gasteiger partial charge in [-0.2, -0.15) is 0 Å². The molecule has 0 amide bonds. The van der Waals surface area contributed by atoms with Gasteiger partial charge < -0.3 is 14.2 Å². The lowest BCUT2D eigenvalue weighted by Gasteiger charge is -2.18. The fourth-order valence-corrected chi connectivity index (χ4v) is 5.39. The quantitative estimate of drug-likeness (QED) is 0.0203. The number of unbranched alkanes of at least 4 members (excludes halogenated alkanes) is 9. The molecule has 0 rings (SSSR count). The van der Waals surface area contributed by atoms with Crippen LogP contribution in [0.1, 0.15) is 156 Å². The van der Waals surface area contributed by atoms with Crippen LogP contribution >= 0.6 is 0 Å². The summed E-state index contributed by atoms with van der Waals surface area (Å²) in [7, 11) is 0. The molecule has 332 valence electrons. The summed E-state index contributed by atoms with van der Waals surface area (Å²) in [6, 6.07) is 0. The monoisotopic (exact) mass is 825 g/mol. The van der Waals surface area contributed by atoms with Crippen molar-refractivity contribution in [2.24, 2.45) is 0 Å². The van der Waals surface area contributed by atoms with Crippen LogP contribution in [0, 0.1) is 0 Å². The fourth-order valence-electron chi connectivity index (χ4n) is 5.39. The molecule has 60 heavy (non-hydrogen) atoms. The first-order valence-electron chi connectivity index (χ1n) is 22.9. The van der Waals surface area contributed by atoms with Crippen LogP contribution in [-0.4, -0.2) is 37.2 Å². The van der Waals surface area contributed by atoms with Gasteiger partial charge in [-0.1, -0.05) is 186 Å². The smallest absolute Gasteiger partial charge is 0.306 e. The molecule has 0 aromatic carbocycles. The molecule has 0 spiro atoms. The van der Waals surface area contributed by atoms with Crippen molar-refractivity contribution < 1.29 is 28.6 Å². The third-order valence-electron chi connectivity index (χ3n) is 8.76. The second-order valence-electron chi connectivity index (χ2n) is 14.3. The molecule has 1 unspecified atom stereocenters. The molecule has 0 aromatic rings. The van der Waals surface area contributed by atoms with E-state index in [1.54, 1.807) is 0 Å². The van der Waals surface area contributed by atoms with Crippen molar-refractivity contribution in [3.8, 4) is 0 Å². The Hall–Kier alpha value is -4.71. The normalized spacial score (nSPS) is 13.4. The molecule has 0 radical (unpaired) electrons. The maximum atomic E-state index is 12.7. The number of allylic oxidation sites excluding steroid dienone is 24. The van der Waals surface area contributed by atoms with Crippen molar-refractivity contribution in [1.82, 2.24) is 0 Å². The number of carbonyl (C=O) groups is 3. The summed E-state index contributed by atoms with van der Waals surface area (Å²) < 4.78 is 16.6. The Morgan fingerprint density at radius 3 is 1.10 bits per heavy atom. The van der Waals surface area contributed by atoms with Gasteiger partial charge in [-0.05, 0) is 96.3 Å². The third-order valence-corrected chi connectivity index (χ3v) is 8.76. The summed E-state index contributed by atoms with van der Waals surface area (Å²) in [5.41, 5.74) is 0. The predicted molar refractivity (Wildman–Crippen MR) is 255 cm³/mol. The van der Waals surface area contributed by atoms with Crippen molar-refractivity contribution in [3.63, 3.8) is 0 Å². The maximum Gasteiger partial charge on any atom is 0.306 e. The van der Waals surface area contributed by atoms with Crippen LogP contribution in [0.3, 0.4) is 0 Å². The van der Waals surface area contributed by atoms with E-state index in [0.717, 1.165) is 109 Å².